The first kappa shape index (κ1) is 11.4. The smallest absolute Gasteiger partial charge is 0.135 e. The summed E-state index contributed by atoms with van der Waals surface area (Å²) in [5.74, 6) is 0.344. The highest BCUT2D eigenvalue weighted by molar-refractivity contribution is 14.1. The topological polar surface area (TPSA) is 43.8 Å². The summed E-state index contributed by atoms with van der Waals surface area (Å²) < 4.78 is 16.0. The SMILES string of the molecule is Cc1ccc(F)c(Cn2ncc(I)c2N)c1. The van der Waals surface area contributed by atoms with Gasteiger partial charge < -0.3 is 5.73 Å². The zero-order chi connectivity index (χ0) is 11.7. The summed E-state index contributed by atoms with van der Waals surface area (Å²) in [5, 5.41) is 4.10. The maximum Gasteiger partial charge on any atom is 0.135 e. The first-order valence-electron chi connectivity index (χ1n) is 4.79. The predicted octanol–water partition coefficient (Wildman–Crippen LogP) is 2.57. The Hall–Kier alpha value is -1.11. The van der Waals surface area contributed by atoms with Crippen LogP contribution < -0.4 is 5.73 Å². The molecule has 0 amide bonds. The molecular formula is C11H11FIN3. The fourth-order valence-corrected chi connectivity index (χ4v) is 1.89. The Morgan fingerprint density at radius 1 is 1.50 bits per heavy atom. The van der Waals surface area contributed by atoms with Crippen molar-refractivity contribution in [2.24, 2.45) is 0 Å². The van der Waals surface area contributed by atoms with Gasteiger partial charge in [0.2, 0.25) is 0 Å². The minimum Gasteiger partial charge on any atom is -0.383 e. The standard InChI is InChI=1S/C11H11FIN3/c1-7-2-3-9(12)8(4-7)6-16-11(14)10(13)5-15-16/h2-5H,6,14H2,1H3. The lowest BCUT2D eigenvalue weighted by Gasteiger charge is -2.06. The van der Waals surface area contributed by atoms with Gasteiger partial charge in [0.15, 0.2) is 0 Å². The van der Waals surface area contributed by atoms with E-state index in [1.165, 1.54) is 6.07 Å². The molecule has 0 saturated carbocycles. The molecule has 1 heterocycles. The monoisotopic (exact) mass is 331 g/mol. The van der Waals surface area contributed by atoms with Gasteiger partial charge in [0.1, 0.15) is 11.6 Å². The van der Waals surface area contributed by atoms with Gasteiger partial charge in [0.25, 0.3) is 0 Å². The first-order chi connectivity index (χ1) is 7.58. The molecule has 84 valence electrons. The molecule has 1 aromatic carbocycles. The van der Waals surface area contributed by atoms with Crippen molar-refractivity contribution in [3.63, 3.8) is 0 Å². The fraction of sp³-hybridized carbons (Fsp3) is 0.182. The fourth-order valence-electron chi connectivity index (χ4n) is 1.48. The molecule has 5 heteroatoms. The Bertz CT molecular complexity index is 522. The Kier molecular flexibility index (Phi) is 3.13. The van der Waals surface area contributed by atoms with Gasteiger partial charge >= 0.3 is 0 Å². The van der Waals surface area contributed by atoms with E-state index in [4.69, 9.17) is 5.73 Å². The normalized spacial score (nSPS) is 10.7. The largest absolute Gasteiger partial charge is 0.383 e. The summed E-state index contributed by atoms with van der Waals surface area (Å²) in [6, 6.07) is 5.02. The predicted molar refractivity (Wildman–Crippen MR) is 69.6 cm³/mol. The highest BCUT2D eigenvalue weighted by Crippen LogP contribution is 2.17. The van der Waals surface area contributed by atoms with Gasteiger partial charge in [-0.05, 0) is 35.6 Å². The maximum atomic E-state index is 13.5. The van der Waals surface area contributed by atoms with Crippen LogP contribution in [0.5, 0.6) is 0 Å². The van der Waals surface area contributed by atoms with Gasteiger partial charge in [-0.25, -0.2) is 9.07 Å². The number of nitrogen functional groups attached to an aromatic ring is 1. The summed E-state index contributed by atoms with van der Waals surface area (Å²) in [5.41, 5.74) is 7.44. The van der Waals surface area contributed by atoms with Gasteiger partial charge in [-0.1, -0.05) is 17.7 Å². The molecule has 0 aliphatic carbocycles. The molecule has 0 aliphatic heterocycles. The van der Waals surface area contributed by atoms with E-state index in [1.807, 2.05) is 13.0 Å². The molecule has 0 bridgehead atoms. The van der Waals surface area contributed by atoms with Crippen LogP contribution in [0.3, 0.4) is 0 Å². The van der Waals surface area contributed by atoms with E-state index in [9.17, 15) is 4.39 Å². The molecule has 2 rings (SSSR count). The first-order valence-corrected chi connectivity index (χ1v) is 5.87. The van der Waals surface area contributed by atoms with E-state index in [0.717, 1.165) is 9.13 Å². The molecule has 2 N–H and O–H groups in total. The molecule has 0 aliphatic rings. The molecule has 2 aromatic rings. The number of anilines is 1. The number of hydrogen-bond acceptors (Lipinski definition) is 2. The number of halogens is 2. The minimum atomic E-state index is -0.226. The number of hydrogen-bond donors (Lipinski definition) is 1. The lowest BCUT2D eigenvalue weighted by molar-refractivity contribution is 0.587. The number of aromatic nitrogens is 2. The second-order valence-corrected chi connectivity index (χ2v) is 4.79. The summed E-state index contributed by atoms with van der Waals surface area (Å²) in [6.07, 6.45) is 1.67. The molecule has 16 heavy (non-hydrogen) atoms. The molecule has 0 saturated heterocycles. The Morgan fingerprint density at radius 2 is 2.25 bits per heavy atom. The molecule has 0 radical (unpaired) electrons. The third-order valence-electron chi connectivity index (χ3n) is 2.35. The Morgan fingerprint density at radius 3 is 2.88 bits per heavy atom. The lowest BCUT2D eigenvalue weighted by atomic mass is 10.1. The average Bonchev–Trinajstić information content (AvgIpc) is 2.55. The van der Waals surface area contributed by atoms with Crippen LogP contribution >= 0.6 is 22.6 Å². The molecule has 3 nitrogen and oxygen atoms in total. The van der Waals surface area contributed by atoms with Gasteiger partial charge in [0.05, 0.1) is 16.3 Å². The van der Waals surface area contributed by atoms with E-state index in [1.54, 1.807) is 16.9 Å². The highest BCUT2D eigenvalue weighted by Gasteiger charge is 2.08. The van der Waals surface area contributed by atoms with Crippen molar-refractivity contribution in [1.82, 2.24) is 9.78 Å². The van der Waals surface area contributed by atoms with Crippen molar-refractivity contribution in [2.45, 2.75) is 13.5 Å². The Balaban J connectivity index is 2.33. The molecule has 1 aromatic heterocycles. The highest BCUT2D eigenvalue weighted by atomic mass is 127. The van der Waals surface area contributed by atoms with Crippen LogP contribution in [0.15, 0.2) is 24.4 Å². The van der Waals surface area contributed by atoms with E-state index in [-0.39, 0.29) is 5.82 Å². The van der Waals surface area contributed by atoms with Crippen molar-refractivity contribution in [3.8, 4) is 0 Å². The summed E-state index contributed by atoms with van der Waals surface area (Å²) in [7, 11) is 0. The van der Waals surface area contributed by atoms with Crippen LogP contribution in [0.4, 0.5) is 10.2 Å². The number of nitrogens with two attached hydrogens (primary N) is 1. The van der Waals surface area contributed by atoms with Crippen molar-refractivity contribution in [2.75, 3.05) is 5.73 Å². The van der Waals surface area contributed by atoms with Gasteiger partial charge in [0, 0.05) is 5.56 Å². The molecule has 0 unspecified atom stereocenters. The zero-order valence-electron chi connectivity index (χ0n) is 8.74. The molecular weight excluding hydrogens is 320 g/mol. The second kappa shape index (κ2) is 4.40. The summed E-state index contributed by atoms with van der Waals surface area (Å²) in [6.45, 7) is 2.29. The number of rotatable bonds is 2. The van der Waals surface area contributed by atoms with E-state index in [2.05, 4.69) is 27.7 Å². The lowest BCUT2D eigenvalue weighted by Crippen LogP contribution is -2.07. The van der Waals surface area contributed by atoms with Crippen LogP contribution in [-0.4, -0.2) is 9.78 Å². The minimum absolute atomic E-state index is 0.226. The van der Waals surface area contributed by atoms with Crippen molar-refractivity contribution >= 4 is 28.4 Å². The maximum absolute atomic E-state index is 13.5. The van der Waals surface area contributed by atoms with Crippen LogP contribution in [-0.2, 0) is 6.54 Å². The average molecular weight is 331 g/mol. The third-order valence-corrected chi connectivity index (χ3v) is 3.19. The van der Waals surface area contributed by atoms with Crippen molar-refractivity contribution in [3.05, 3.63) is 44.9 Å². The van der Waals surface area contributed by atoms with E-state index < -0.39 is 0 Å². The third kappa shape index (κ3) is 2.18. The van der Waals surface area contributed by atoms with Gasteiger partial charge in [-0.2, -0.15) is 5.10 Å². The van der Waals surface area contributed by atoms with Crippen molar-refractivity contribution < 1.29 is 4.39 Å². The van der Waals surface area contributed by atoms with Gasteiger partial charge in [-0.3, -0.25) is 0 Å². The second-order valence-electron chi connectivity index (χ2n) is 3.63. The molecule has 0 atom stereocenters. The molecule has 0 spiro atoms. The van der Waals surface area contributed by atoms with Crippen LogP contribution in [0.1, 0.15) is 11.1 Å². The van der Waals surface area contributed by atoms with E-state index >= 15 is 0 Å². The quantitative estimate of drug-likeness (QED) is 0.860. The van der Waals surface area contributed by atoms with Crippen molar-refractivity contribution in [1.29, 1.82) is 0 Å². The molecule has 0 fully saturated rings. The zero-order valence-corrected chi connectivity index (χ0v) is 10.9. The summed E-state index contributed by atoms with van der Waals surface area (Å²) >= 11 is 2.10. The van der Waals surface area contributed by atoms with Crippen LogP contribution in [0.2, 0.25) is 0 Å². The van der Waals surface area contributed by atoms with Gasteiger partial charge in [-0.15, -0.1) is 0 Å². The van der Waals surface area contributed by atoms with Crippen LogP contribution in [0, 0.1) is 16.3 Å². The summed E-state index contributed by atoms with van der Waals surface area (Å²) in [4.78, 5) is 0. The Labute approximate surface area is 107 Å². The number of nitrogens with zero attached hydrogens (tertiary/aromatic N) is 2. The number of aryl methyl sites for hydroxylation is 1. The van der Waals surface area contributed by atoms with Crippen LogP contribution in [0.25, 0.3) is 0 Å². The van der Waals surface area contributed by atoms with E-state index in [0.29, 0.717) is 17.9 Å². The number of benzene rings is 1.